The number of benzene rings is 2. The van der Waals surface area contributed by atoms with Crippen molar-refractivity contribution in [2.24, 2.45) is 5.92 Å². The third-order valence-corrected chi connectivity index (χ3v) is 6.34. The Balaban J connectivity index is 1.49. The van der Waals surface area contributed by atoms with E-state index in [-0.39, 0.29) is 17.7 Å². The number of nitrogens with one attached hydrogen (secondary N) is 1. The number of anilines is 2. The molecular weight excluding hydrogens is 370 g/mol. The minimum Gasteiger partial charge on any atom is -0.326 e. The number of hydrogen-bond donors (Lipinski definition) is 1. The summed E-state index contributed by atoms with van der Waals surface area (Å²) in [5, 5.41) is 3.64. The summed E-state index contributed by atoms with van der Waals surface area (Å²) >= 11 is 1.49. The van der Waals surface area contributed by atoms with Gasteiger partial charge in [0.05, 0.1) is 10.2 Å². The second kappa shape index (κ2) is 8.10. The molecule has 144 valence electrons. The van der Waals surface area contributed by atoms with E-state index in [1.54, 1.807) is 30.1 Å². The first-order valence-corrected chi connectivity index (χ1v) is 10.5. The fraction of sp³-hybridized carbons (Fsp3) is 0.318. The third-order valence-electron chi connectivity index (χ3n) is 5.23. The fourth-order valence-electron chi connectivity index (χ4n) is 3.62. The Bertz CT molecular complexity index is 975. The summed E-state index contributed by atoms with van der Waals surface area (Å²) in [5.41, 5.74) is 2.08. The van der Waals surface area contributed by atoms with Crippen LogP contribution >= 0.6 is 11.3 Å². The molecule has 6 heteroatoms. The fourth-order valence-corrected chi connectivity index (χ4v) is 4.55. The second-order valence-electron chi connectivity index (χ2n) is 7.23. The molecule has 2 amide bonds. The van der Waals surface area contributed by atoms with Crippen LogP contribution in [0.25, 0.3) is 10.2 Å². The molecule has 28 heavy (non-hydrogen) atoms. The molecule has 4 rings (SSSR count). The number of nitrogens with zero attached hydrogens (tertiary/aromatic N) is 2. The maximum Gasteiger partial charge on any atom is 0.259 e. The van der Waals surface area contributed by atoms with Crippen LogP contribution in [0.3, 0.4) is 0 Å². The van der Waals surface area contributed by atoms with Crippen molar-refractivity contribution in [2.75, 3.05) is 17.3 Å². The van der Waals surface area contributed by atoms with E-state index in [4.69, 9.17) is 0 Å². The van der Waals surface area contributed by atoms with Crippen LogP contribution in [0.2, 0.25) is 0 Å². The Morgan fingerprint density at radius 1 is 1.07 bits per heavy atom. The average molecular weight is 394 g/mol. The molecule has 1 fully saturated rings. The molecule has 3 aromatic rings. The molecule has 2 aromatic carbocycles. The molecule has 0 atom stereocenters. The highest BCUT2D eigenvalue weighted by Gasteiger charge is 2.22. The molecule has 1 N–H and O–H groups in total. The number of thiazole rings is 1. The van der Waals surface area contributed by atoms with Crippen molar-refractivity contribution in [1.29, 1.82) is 0 Å². The number of carbonyl (C=O) groups is 2. The summed E-state index contributed by atoms with van der Waals surface area (Å²) < 4.78 is 1.05. The second-order valence-corrected chi connectivity index (χ2v) is 8.24. The normalized spacial score (nSPS) is 14.8. The van der Waals surface area contributed by atoms with E-state index in [0.717, 1.165) is 35.9 Å². The molecule has 0 radical (unpaired) electrons. The predicted molar refractivity (Wildman–Crippen MR) is 114 cm³/mol. The van der Waals surface area contributed by atoms with Crippen LogP contribution in [-0.2, 0) is 4.79 Å². The van der Waals surface area contributed by atoms with Gasteiger partial charge >= 0.3 is 0 Å². The highest BCUT2D eigenvalue weighted by atomic mass is 32.1. The van der Waals surface area contributed by atoms with Crippen molar-refractivity contribution < 1.29 is 9.59 Å². The minimum absolute atomic E-state index is 0.0591. The largest absolute Gasteiger partial charge is 0.326 e. The molecule has 1 aliphatic carbocycles. The number of rotatable bonds is 4. The lowest BCUT2D eigenvalue weighted by atomic mass is 9.88. The van der Waals surface area contributed by atoms with Crippen molar-refractivity contribution >= 4 is 44.2 Å². The Kier molecular flexibility index (Phi) is 5.39. The Labute approximate surface area is 168 Å². The van der Waals surface area contributed by atoms with Gasteiger partial charge in [-0.05, 0) is 43.2 Å². The zero-order valence-corrected chi connectivity index (χ0v) is 16.7. The monoisotopic (exact) mass is 393 g/mol. The van der Waals surface area contributed by atoms with Crippen LogP contribution < -0.4 is 10.2 Å². The van der Waals surface area contributed by atoms with Crippen molar-refractivity contribution in [3.8, 4) is 0 Å². The van der Waals surface area contributed by atoms with Crippen molar-refractivity contribution in [2.45, 2.75) is 32.1 Å². The molecule has 1 heterocycles. The summed E-state index contributed by atoms with van der Waals surface area (Å²) in [6.07, 6.45) is 5.34. The standard InChI is InChI=1S/C22H23N3O2S/c1-25(22-24-18-12-5-6-13-19(18)28-22)21(27)16-10-7-11-17(14-16)23-20(26)15-8-3-2-4-9-15/h5-7,10-15H,2-4,8-9H2,1H3,(H,23,26). The van der Waals surface area contributed by atoms with Gasteiger partial charge in [-0.15, -0.1) is 0 Å². The van der Waals surface area contributed by atoms with E-state index in [9.17, 15) is 9.59 Å². The van der Waals surface area contributed by atoms with Gasteiger partial charge in [0.2, 0.25) is 5.91 Å². The molecular formula is C22H23N3O2S. The summed E-state index contributed by atoms with van der Waals surface area (Å²) in [6.45, 7) is 0. The summed E-state index contributed by atoms with van der Waals surface area (Å²) in [4.78, 5) is 31.5. The SMILES string of the molecule is CN(C(=O)c1cccc(NC(=O)C2CCCCC2)c1)c1nc2ccccc2s1. The van der Waals surface area contributed by atoms with Gasteiger partial charge in [-0.3, -0.25) is 14.5 Å². The topological polar surface area (TPSA) is 62.3 Å². The highest BCUT2D eigenvalue weighted by molar-refractivity contribution is 7.22. The predicted octanol–water partition coefficient (Wildman–Crippen LogP) is 5.09. The van der Waals surface area contributed by atoms with E-state index < -0.39 is 0 Å². The van der Waals surface area contributed by atoms with Crippen LogP contribution in [0.1, 0.15) is 42.5 Å². The maximum absolute atomic E-state index is 12.9. The molecule has 0 spiro atoms. The maximum atomic E-state index is 12.9. The van der Waals surface area contributed by atoms with Gasteiger partial charge in [-0.1, -0.05) is 48.8 Å². The van der Waals surface area contributed by atoms with Gasteiger partial charge in [-0.25, -0.2) is 4.98 Å². The first kappa shape index (κ1) is 18.6. The molecule has 1 aromatic heterocycles. The average Bonchev–Trinajstić information content (AvgIpc) is 3.18. The van der Waals surface area contributed by atoms with E-state index >= 15 is 0 Å². The molecule has 0 saturated heterocycles. The number of aromatic nitrogens is 1. The van der Waals surface area contributed by atoms with Crippen molar-refractivity contribution in [3.05, 3.63) is 54.1 Å². The zero-order chi connectivity index (χ0) is 19.5. The van der Waals surface area contributed by atoms with Crippen LogP contribution in [0.4, 0.5) is 10.8 Å². The molecule has 0 unspecified atom stereocenters. The van der Waals surface area contributed by atoms with E-state index in [1.165, 1.54) is 17.8 Å². The van der Waals surface area contributed by atoms with Crippen LogP contribution in [-0.4, -0.2) is 23.8 Å². The number of hydrogen-bond acceptors (Lipinski definition) is 4. The van der Waals surface area contributed by atoms with E-state index in [2.05, 4.69) is 10.3 Å². The van der Waals surface area contributed by atoms with Crippen molar-refractivity contribution in [3.63, 3.8) is 0 Å². The molecule has 0 bridgehead atoms. The summed E-state index contributed by atoms with van der Waals surface area (Å²) in [6, 6.07) is 15.0. The summed E-state index contributed by atoms with van der Waals surface area (Å²) in [5.74, 6) is -0.00446. The van der Waals surface area contributed by atoms with Gasteiger partial charge in [0.1, 0.15) is 0 Å². The zero-order valence-electron chi connectivity index (χ0n) is 15.9. The lowest BCUT2D eigenvalue weighted by Gasteiger charge is -2.21. The van der Waals surface area contributed by atoms with E-state index in [0.29, 0.717) is 16.4 Å². The minimum atomic E-state index is -0.146. The van der Waals surface area contributed by atoms with Crippen LogP contribution in [0, 0.1) is 5.92 Å². The number of carbonyl (C=O) groups excluding carboxylic acids is 2. The molecule has 1 saturated carbocycles. The summed E-state index contributed by atoms with van der Waals surface area (Å²) in [7, 11) is 1.73. The van der Waals surface area contributed by atoms with E-state index in [1.807, 2.05) is 30.3 Å². The van der Waals surface area contributed by atoms with Crippen LogP contribution in [0.15, 0.2) is 48.5 Å². The van der Waals surface area contributed by atoms with Gasteiger partial charge in [0.25, 0.3) is 5.91 Å². The van der Waals surface area contributed by atoms with Crippen LogP contribution in [0.5, 0.6) is 0 Å². The molecule has 1 aliphatic rings. The quantitative estimate of drug-likeness (QED) is 0.671. The van der Waals surface area contributed by atoms with Gasteiger partial charge < -0.3 is 5.32 Å². The number of fused-ring (bicyclic) bond motifs is 1. The number of amides is 2. The Morgan fingerprint density at radius 2 is 1.86 bits per heavy atom. The molecule has 5 nitrogen and oxygen atoms in total. The lowest BCUT2D eigenvalue weighted by molar-refractivity contribution is -0.120. The van der Waals surface area contributed by atoms with Crippen molar-refractivity contribution in [1.82, 2.24) is 4.98 Å². The Morgan fingerprint density at radius 3 is 2.64 bits per heavy atom. The van der Waals surface area contributed by atoms with Gasteiger partial charge in [0, 0.05) is 24.2 Å². The highest BCUT2D eigenvalue weighted by Crippen LogP contribution is 2.29. The molecule has 0 aliphatic heterocycles. The smallest absolute Gasteiger partial charge is 0.259 e. The third kappa shape index (κ3) is 3.92. The first-order valence-electron chi connectivity index (χ1n) is 9.66. The first-order chi connectivity index (χ1) is 13.6. The van der Waals surface area contributed by atoms with Gasteiger partial charge in [0.15, 0.2) is 5.13 Å². The van der Waals surface area contributed by atoms with Gasteiger partial charge in [-0.2, -0.15) is 0 Å². The Hall–Kier alpha value is -2.73. The number of para-hydroxylation sites is 1. The lowest BCUT2D eigenvalue weighted by Crippen LogP contribution is -2.27.